The number of imidazole rings is 1. The second-order valence-electron chi connectivity index (χ2n) is 14.9. The molecule has 1 unspecified atom stereocenters. The van der Waals surface area contributed by atoms with E-state index in [-0.39, 0.29) is 40.7 Å². The second kappa shape index (κ2) is 19.1. The van der Waals surface area contributed by atoms with E-state index in [1.807, 2.05) is 36.4 Å². The molecule has 3 amide bonds. The van der Waals surface area contributed by atoms with Crippen LogP contribution in [0.3, 0.4) is 0 Å². The summed E-state index contributed by atoms with van der Waals surface area (Å²) in [6, 6.07) is 9.90. The van der Waals surface area contributed by atoms with E-state index in [9.17, 15) is 19.2 Å². The molecule has 57 heavy (non-hydrogen) atoms. The summed E-state index contributed by atoms with van der Waals surface area (Å²) in [5, 5.41) is 2.12. The Labute approximate surface area is 331 Å². The van der Waals surface area contributed by atoms with Gasteiger partial charge >= 0.3 is 0 Å². The Hall–Kier alpha value is -5.45. The number of nitrogens with two attached hydrogens (primary N) is 1. The lowest BCUT2D eigenvalue weighted by molar-refractivity contribution is -0.126. The number of aryl methyl sites for hydroxylation is 1. The zero-order chi connectivity index (χ0) is 40.4. The third-order valence-electron chi connectivity index (χ3n) is 11.0. The number of carbonyl (C=O) groups excluding carboxylic acids is 4. The third kappa shape index (κ3) is 10.1. The van der Waals surface area contributed by atoms with Gasteiger partial charge in [-0.2, -0.15) is 0 Å². The number of nitrogens with one attached hydrogen (secondary N) is 1. The van der Waals surface area contributed by atoms with E-state index in [0.29, 0.717) is 81.6 Å². The van der Waals surface area contributed by atoms with Gasteiger partial charge in [-0.05, 0) is 73.9 Å². The van der Waals surface area contributed by atoms with E-state index in [1.165, 1.54) is 6.07 Å². The number of benzene rings is 2. The molecule has 0 bridgehead atoms. The van der Waals surface area contributed by atoms with E-state index in [1.54, 1.807) is 29.4 Å². The Morgan fingerprint density at radius 1 is 1.05 bits per heavy atom. The number of fused-ring (bicyclic) bond motifs is 1. The molecule has 2 aromatic carbocycles. The summed E-state index contributed by atoms with van der Waals surface area (Å²) >= 11 is 0. The highest BCUT2D eigenvalue weighted by atomic mass is 19.1. The molecule has 2 saturated heterocycles. The van der Waals surface area contributed by atoms with Crippen LogP contribution in [0.1, 0.15) is 54.1 Å². The Balaban J connectivity index is 0.862. The fraction of sp³-hybridized carbons (Fsp3) is 0.463. The van der Waals surface area contributed by atoms with Crippen molar-refractivity contribution in [1.29, 1.82) is 0 Å². The first kappa shape index (κ1) is 41.2. The molecule has 0 radical (unpaired) electrons. The first-order valence-corrected chi connectivity index (χ1v) is 19.3. The van der Waals surface area contributed by atoms with Crippen LogP contribution in [0.15, 0.2) is 48.8 Å². The highest BCUT2D eigenvalue weighted by Gasteiger charge is 2.45. The van der Waals surface area contributed by atoms with Crippen molar-refractivity contribution in [2.45, 2.75) is 52.1 Å². The molecule has 2 aliphatic heterocycles. The van der Waals surface area contributed by atoms with Gasteiger partial charge in [-0.15, -0.1) is 0 Å². The van der Waals surface area contributed by atoms with E-state index >= 15 is 4.39 Å². The van der Waals surface area contributed by atoms with Gasteiger partial charge in [0.15, 0.2) is 0 Å². The van der Waals surface area contributed by atoms with Crippen molar-refractivity contribution in [3.63, 3.8) is 0 Å². The Morgan fingerprint density at radius 2 is 1.81 bits per heavy atom. The normalized spacial score (nSPS) is 15.6. The number of amides is 3. The van der Waals surface area contributed by atoms with Gasteiger partial charge < -0.3 is 29.7 Å². The molecular formula is C41H51FN8O7. The van der Waals surface area contributed by atoms with Crippen molar-refractivity contribution < 1.29 is 37.8 Å². The lowest BCUT2D eigenvalue weighted by Crippen LogP contribution is -2.61. The van der Waals surface area contributed by atoms with Crippen LogP contribution in [0.2, 0.25) is 0 Å². The lowest BCUT2D eigenvalue weighted by Gasteiger charge is -2.54. The first-order chi connectivity index (χ1) is 27.6. The van der Waals surface area contributed by atoms with Crippen LogP contribution in [-0.4, -0.2) is 121 Å². The van der Waals surface area contributed by atoms with Gasteiger partial charge in [0.05, 0.1) is 26.4 Å². The van der Waals surface area contributed by atoms with E-state index in [4.69, 9.17) is 24.9 Å². The number of hydrogen-bond donors (Lipinski definition) is 2. The summed E-state index contributed by atoms with van der Waals surface area (Å²) in [6.45, 7) is 11.1. The third-order valence-corrected chi connectivity index (χ3v) is 11.0. The monoisotopic (exact) mass is 786 g/mol. The molecule has 2 aromatic heterocycles. The number of carbonyl (C=O) groups is 4. The number of ether oxygens (including phenoxy) is 3. The number of piperidine rings is 1. The highest BCUT2D eigenvalue weighted by molar-refractivity contribution is 5.88. The Bertz CT molecular complexity index is 2030. The van der Waals surface area contributed by atoms with Crippen molar-refractivity contribution in [2.75, 3.05) is 76.4 Å². The molecule has 4 aromatic rings. The zero-order valence-electron chi connectivity index (χ0n) is 32.5. The molecule has 15 nitrogen and oxygen atoms in total. The Kier molecular flexibility index (Phi) is 13.8. The molecule has 2 aliphatic rings. The number of halogens is 1. The van der Waals surface area contributed by atoms with Crippen LogP contribution in [0.5, 0.6) is 5.75 Å². The van der Waals surface area contributed by atoms with Crippen molar-refractivity contribution in [3.8, 4) is 17.0 Å². The molecular weight excluding hydrogens is 735 g/mol. The predicted molar refractivity (Wildman–Crippen MR) is 211 cm³/mol. The summed E-state index contributed by atoms with van der Waals surface area (Å²) in [5.74, 6) is 0.735. The number of hydrogen-bond acceptors (Lipinski definition) is 12. The zero-order valence-corrected chi connectivity index (χ0v) is 32.5. The molecule has 0 saturated carbocycles. The van der Waals surface area contributed by atoms with E-state index in [0.717, 1.165) is 63.1 Å². The minimum Gasteiger partial charge on any atom is -0.491 e. The second-order valence-corrected chi connectivity index (χ2v) is 14.9. The fourth-order valence-electron chi connectivity index (χ4n) is 7.59. The van der Waals surface area contributed by atoms with Crippen molar-refractivity contribution >= 4 is 42.3 Å². The van der Waals surface area contributed by atoms with Crippen molar-refractivity contribution in [2.24, 2.45) is 5.41 Å². The average Bonchev–Trinajstić information content (AvgIpc) is 3.59. The maximum atomic E-state index is 15.1. The molecule has 0 aliphatic carbocycles. The number of aldehydes is 1. The van der Waals surface area contributed by atoms with E-state index in [2.05, 4.69) is 20.1 Å². The smallest absolute Gasteiger partial charge is 0.226 e. The van der Waals surface area contributed by atoms with Crippen molar-refractivity contribution in [3.05, 3.63) is 71.3 Å². The SMILES string of the molecule is Cc1ccc(OCCOCCOCCN2CC3(CCN(c4nc(-c5ccc(C=O)cc5F)c5c(N)nccn45)CC3)C2)cc1CN(C=O)C(C)CCC(=O)NC=O. The van der Waals surface area contributed by atoms with Crippen LogP contribution in [-0.2, 0) is 30.4 Å². The summed E-state index contributed by atoms with van der Waals surface area (Å²) in [7, 11) is 0. The number of aromatic nitrogens is 3. The predicted octanol–water partition coefficient (Wildman–Crippen LogP) is 3.65. The molecule has 3 N–H and O–H groups in total. The minimum atomic E-state index is -0.536. The van der Waals surface area contributed by atoms with Crippen molar-refractivity contribution in [1.82, 2.24) is 29.5 Å². The summed E-state index contributed by atoms with van der Waals surface area (Å²) < 4.78 is 34.4. The lowest BCUT2D eigenvalue weighted by atomic mass is 9.72. The molecule has 304 valence electrons. The number of anilines is 2. The Morgan fingerprint density at radius 3 is 2.53 bits per heavy atom. The molecule has 4 heterocycles. The molecule has 1 spiro atoms. The van der Waals surface area contributed by atoms with Gasteiger partial charge in [0, 0.05) is 75.3 Å². The number of rotatable bonds is 21. The van der Waals surface area contributed by atoms with Crippen LogP contribution in [0.25, 0.3) is 16.8 Å². The maximum absolute atomic E-state index is 15.1. The van der Waals surface area contributed by atoms with Gasteiger partial charge in [-0.25, -0.2) is 14.4 Å². The standard InChI is InChI=1S/C41H51FN8O7/c1-29-3-6-33(22-32(29)23-49(28-53)30(2)4-8-36(54)45-27-52)57-20-19-56-18-17-55-16-15-47-25-41(26-47)9-12-48(13-10-41)40-46-37(38-39(43)44-11-14-50(38)40)34-7-5-31(24-51)21-35(34)42/h3,5-7,11,14,21-22,24,27-28,30H,4,8-10,12-13,15-20,23,25-26H2,1-2H3,(H2,43,44)(H,45,52,54). The van der Waals surface area contributed by atoms with E-state index < -0.39 is 5.82 Å². The van der Waals surface area contributed by atoms with Gasteiger partial charge in [0.25, 0.3) is 0 Å². The molecule has 6 rings (SSSR count). The fourth-order valence-corrected chi connectivity index (χ4v) is 7.59. The highest BCUT2D eigenvalue weighted by Crippen LogP contribution is 2.42. The molecule has 16 heteroatoms. The van der Waals surface area contributed by atoms with Crippen LogP contribution < -0.4 is 20.7 Å². The van der Waals surface area contributed by atoms with Gasteiger partial charge in [0.2, 0.25) is 24.7 Å². The largest absolute Gasteiger partial charge is 0.491 e. The quantitative estimate of drug-likeness (QED) is 0.0929. The number of likely N-dealkylation sites (tertiary alicyclic amines) is 1. The van der Waals surface area contributed by atoms with Gasteiger partial charge in [0.1, 0.15) is 41.5 Å². The summed E-state index contributed by atoms with van der Waals surface area (Å²) in [5.41, 5.74) is 9.96. The van der Waals surface area contributed by atoms with Gasteiger partial charge in [-0.3, -0.25) is 33.8 Å². The van der Waals surface area contributed by atoms with Gasteiger partial charge in [-0.1, -0.05) is 12.1 Å². The minimum absolute atomic E-state index is 0.149. The molecule has 2 fully saturated rings. The number of nitrogens with zero attached hydrogens (tertiary/aromatic N) is 6. The number of imide groups is 1. The van der Waals surface area contributed by atoms with Crippen LogP contribution >= 0.6 is 0 Å². The van der Waals surface area contributed by atoms with Crippen LogP contribution in [0, 0.1) is 18.2 Å². The molecule has 1 atom stereocenters. The maximum Gasteiger partial charge on any atom is 0.226 e. The topological polar surface area (TPSA) is 174 Å². The van der Waals surface area contributed by atoms with Crippen LogP contribution in [0.4, 0.5) is 16.2 Å². The summed E-state index contributed by atoms with van der Waals surface area (Å²) in [6.07, 6.45) is 7.78. The average molecular weight is 787 g/mol. The summed E-state index contributed by atoms with van der Waals surface area (Å²) in [4.78, 5) is 60.4. The first-order valence-electron chi connectivity index (χ1n) is 19.3. The number of nitrogen functional groups attached to an aromatic ring is 1.